The molecule has 1 N–H and O–H groups in total. The number of pyridine rings is 1. The van der Waals surface area contributed by atoms with Crippen LogP contribution in [0.25, 0.3) is 10.9 Å². The fourth-order valence-corrected chi connectivity index (χ4v) is 2.65. The average molecular weight is 287 g/mol. The lowest BCUT2D eigenvalue weighted by Crippen LogP contribution is -2.04. The number of aromatic nitrogens is 1. The molecule has 0 bridgehead atoms. The quantitative estimate of drug-likeness (QED) is 0.779. The maximum atomic E-state index is 9.38. The monoisotopic (exact) mass is 287 g/mol. The average Bonchev–Trinajstić information content (AvgIpc) is 2.53. The smallest absolute Gasteiger partial charge is 0.144 e. The third kappa shape index (κ3) is 2.77. The number of benzene rings is 2. The second-order valence-corrected chi connectivity index (χ2v) is 5.49. The zero-order valence-corrected chi connectivity index (χ0v) is 12.7. The highest BCUT2D eigenvalue weighted by atomic mass is 15.0. The first-order valence-electron chi connectivity index (χ1n) is 7.27. The van der Waals surface area contributed by atoms with Gasteiger partial charge in [-0.3, -0.25) is 0 Å². The summed E-state index contributed by atoms with van der Waals surface area (Å²) < 4.78 is 0. The molecule has 0 atom stereocenters. The topological polar surface area (TPSA) is 48.7 Å². The Labute approximate surface area is 130 Å². The van der Waals surface area contributed by atoms with E-state index < -0.39 is 0 Å². The van der Waals surface area contributed by atoms with Crippen LogP contribution in [0.15, 0.2) is 48.5 Å². The predicted octanol–water partition coefficient (Wildman–Crippen LogP) is 4.34. The van der Waals surface area contributed by atoms with E-state index in [4.69, 9.17) is 0 Å². The van der Waals surface area contributed by atoms with E-state index in [-0.39, 0.29) is 0 Å². The summed E-state index contributed by atoms with van der Waals surface area (Å²) in [7, 11) is 0. The van der Waals surface area contributed by atoms with Gasteiger partial charge < -0.3 is 5.32 Å². The molecular weight excluding hydrogens is 270 g/mol. The minimum Gasteiger partial charge on any atom is -0.365 e. The predicted molar refractivity (Wildman–Crippen MR) is 89.7 cm³/mol. The van der Waals surface area contributed by atoms with E-state index in [0.29, 0.717) is 17.9 Å². The van der Waals surface area contributed by atoms with E-state index in [1.54, 1.807) is 0 Å². The molecule has 0 aliphatic rings. The third-order valence-electron chi connectivity index (χ3n) is 3.68. The molecule has 0 radical (unpaired) electrons. The number of aryl methyl sites for hydroxylation is 2. The normalized spacial score (nSPS) is 10.4. The molecule has 0 fully saturated rings. The summed E-state index contributed by atoms with van der Waals surface area (Å²) in [5, 5.41) is 13.7. The fourth-order valence-electron chi connectivity index (χ4n) is 2.65. The number of rotatable bonds is 3. The standard InChI is InChI=1S/C19H17N3/c1-13-8-14(2)18-16(9-13)10-17(11-20)19(22-18)21-12-15-6-4-3-5-7-15/h3-10H,12H2,1-2H3,(H,21,22). The van der Waals surface area contributed by atoms with Gasteiger partial charge in [0.15, 0.2) is 0 Å². The van der Waals surface area contributed by atoms with Crippen molar-refractivity contribution in [1.82, 2.24) is 4.98 Å². The molecule has 3 aromatic rings. The van der Waals surface area contributed by atoms with Crippen molar-refractivity contribution < 1.29 is 0 Å². The summed E-state index contributed by atoms with van der Waals surface area (Å²) in [4.78, 5) is 4.67. The van der Waals surface area contributed by atoms with Crippen LogP contribution in [0.4, 0.5) is 5.82 Å². The number of nitriles is 1. The van der Waals surface area contributed by atoms with Crippen LogP contribution >= 0.6 is 0 Å². The van der Waals surface area contributed by atoms with Gasteiger partial charge in [-0.05, 0) is 37.1 Å². The maximum Gasteiger partial charge on any atom is 0.144 e. The Kier molecular flexibility index (Phi) is 3.76. The van der Waals surface area contributed by atoms with Crippen LogP contribution in [0.2, 0.25) is 0 Å². The van der Waals surface area contributed by atoms with E-state index >= 15 is 0 Å². The molecule has 0 saturated carbocycles. The Morgan fingerprint density at radius 3 is 2.59 bits per heavy atom. The molecule has 0 aliphatic carbocycles. The van der Waals surface area contributed by atoms with Crippen molar-refractivity contribution in [3.63, 3.8) is 0 Å². The molecule has 3 rings (SSSR count). The Bertz CT molecular complexity index is 861. The number of nitrogens with zero attached hydrogens (tertiary/aromatic N) is 2. The molecule has 0 amide bonds. The highest BCUT2D eigenvalue weighted by molar-refractivity contribution is 5.86. The third-order valence-corrected chi connectivity index (χ3v) is 3.68. The van der Waals surface area contributed by atoms with E-state index in [1.165, 1.54) is 5.56 Å². The first-order chi connectivity index (χ1) is 10.7. The molecule has 3 heteroatoms. The van der Waals surface area contributed by atoms with Gasteiger partial charge in [0.25, 0.3) is 0 Å². The number of hydrogen-bond acceptors (Lipinski definition) is 3. The summed E-state index contributed by atoms with van der Waals surface area (Å²) >= 11 is 0. The van der Waals surface area contributed by atoms with Crippen LogP contribution in [0, 0.1) is 25.2 Å². The molecule has 0 saturated heterocycles. The van der Waals surface area contributed by atoms with Crippen molar-refractivity contribution in [2.45, 2.75) is 20.4 Å². The van der Waals surface area contributed by atoms with Crippen LogP contribution < -0.4 is 5.32 Å². The van der Waals surface area contributed by atoms with Crippen molar-refractivity contribution in [2.75, 3.05) is 5.32 Å². The van der Waals surface area contributed by atoms with Crippen molar-refractivity contribution in [1.29, 1.82) is 5.26 Å². The van der Waals surface area contributed by atoms with Crippen molar-refractivity contribution in [2.24, 2.45) is 0 Å². The second kappa shape index (κ2) is 5.87. The van der Waals surface area contributed by atoms with Gasteiger partial charge in [0, 0.05) is 11.9 Å². The summed E-state index contributed by atoms with van der Waals surface area (Å²) in [5.74, 6) is 0.644. The first-order valence-corrected chi connectivity index (χ1v) is 7.27. The van der Waals surface area contributed by atoms with E-state index in [0.717, 1.165) is 22.0 Å². The van der Waals surface area contributed by atoms with Crippen LogP contribution in [0.3, 0.4) is 0 Å². The minimum absolute atomic E-state index is 0.577. The summed E-state index contributed by atoms with van der Waals surface area (Å²) in [6.07, 6.45) is 0. The molecule has 22 heavy (non-hydrogen) atoms. The van der Waals surface area contributed by atoms with Crippen LogP contribution in [-0.4, -0.2) is 4.98 Å². The molecule has 108 valence electrons. The molecule has 1 aromatic heterocycles. The van der Waals surface area contributed by atoms with E-state index in [2.05, 4.69) is 54.5 Å². The van der Waals surface area contributed by atoms with Gasteiger partial charge in [-0.1, -0.05) is 42.0 Å². The summed E-state index contributed by atoms with van der Waals surface area (Å²) in [5.41, 5.74) is 4.99. The van der Waals surface area contributed by atoms with Crippen LogP contribution in [0.5, 0.6) is 0 Å². The second-order valence-electron chi connectivity index (χ2n) is 5.49. The summed E-state index contributed by atoms with van der Waals surface area (Å²) in [6, 6.07) is 18.4. The van der Waals surface area contributed by atoms with Crippen molar-refractivity contribution >= 4 is 16.7 Å². The summed E-state index contributed by atoms with van der Waals surface area (Å²) in [6.45, 7) is 4.76. The first kappa shape index (κ1) is 14.1. The van der Waals surface area contributed by atoms with Gasteiger partial charge in [0.1, 0.15) is 11.9 Å². The Morgan fingerprint density at radius 2 is 1.86 bits per heavy atom. The SMILES string of the molecule is Cc1cc(C)c2nc(NCc3ccccc3)c(C#N)cc2c1. The van der Waals surface area contributed by atoms with Gasteiger partial charge in [-0.15, -0.1) is 0 Å². The fraction of sp³-hybridized carbons (Fsp3) is 0.158. The Hall–Kier alpha value is -2.86. The molecule has 1 heterocycles. The minimum atomic E-state index is 0.577. The number of anilines is 1. The van der Waals surface area contributed by atoms with Crippen molar-refractivity contribution in [3.05, 3.63) is 70.8 Å². The molecular formula is C19H17N3. The lowest BCUT2D eigenvalue weighted by atomic mass is 10.1. The van der Waals surface area contributed by atoms with Gasteiger partial charge >= 0.3 is 0 Å². The Morgan fingerprint density at radius 1 is 1.09 bits per heavy atom. The van der Waals surface area contributed by atoms with Gasteiger partial charge in [0.05, 0.1) is 11.1 Å². The molecule has 0 spiro atoms. The zero-order valence-electron chi connectivity index (χ0n) is 12.7. The molecule has 0 aliphatic heterocycles. The zero-order chi connectivity index (χ0) is 15.5. The molecule has 3 nitrogen and oxygen atoms in total. The van der Waals surface area contributed by atoms with Gasteiger partial charge in [-0.25, -0.2) is 4.98 Å². The van der Waals surface area contributed by atoms with Crippen LogP contribution in [0.1, 0.15) is 22.3 Å². The number of hydrogen-bond donors (Lipinski definition) is 1. The molecule has 2 aromatic carbocycles. The maximum absolute atomic E-state index is 9.38. The highest BCUT2D eigenvalue weighted by Crippen LogP contribution is 2.24. The number of fused-ring (bicyclic) bond motifs is 1. The largest absolute Gasteiger partial charge is 0.365 e. The Balaban J connectivity index is 2.00. The van der Waals surface area contributed by atoms with E-state index in [9.17, 15) is 5.26 Å². The van der Waals surface area contributed by atoms with Gasteiger partial charge in [-0.2, -0.15) is 5.26 Å². The van der Waals surface area contributed by atoms with Crippen LogP contribution in [-0.2, 0) is 6.54 Å². The lowest BCUT2D eigenvalue weighted by Gasteiger charge is -2.11. The molecule has 0 unspecified atom stereocenters. The van der Waals surface area contributed by atoms with E-state index in [1.807, 2.05) is 24.3 Å². The highest BCUT2D eigenvalue weighted by Gasteiger charge is 2.09. The lowest BCUT2D eigenvalue weighted by molar-refractivity contribution is 1.11. The van der Waals surface area contributed by atoms with Gasteiger partial charge in [0.2, 0.25) is 0 Å². The van der Waals surface area contributed by atoms with Crippen molar-refractivity contribution in [3.8, 4) is 6.07 Å². The number of nitrogens with one attached hydrogen (secondary N) is 1.